The van der Waals surface area contributed by atoms with Crippen molar-refractivity contribution < 1.29 is 14.7 Å². The number of rotatable bonds is 6. The number of nitrogens with one attached hydrogen (secondary N) is 2. The smallest absolute Gasteiger partial charge is 0.251 e. The van der Waals surface area contributed by atoms with E-state index in [0.29, 0.717) is 11.5 Å². The van der Waals surface area contributed by atoms with E-state index in [1.54, 1.807) is 24.3 Å². The summed E-state index contributed by atoms with van der Waals surface area (Å²) in [5.41, 5.74) is 0.524. The molecule has 114 valence electrons. The van der Waals surface area contributed by atoms with Gasteiger partial charge < -0.3 is 15.7 Å². The number of hydrogen-bond donors (Lipinski definition) is 3. The van der Waals surface area contributed by atoms with Gasteiger partial charge in [-0.05, 0) is 30.9 Å². The van der Waals surface area contributed by atoms with E-state index in [9.17, 15) is 14.7 Å². The highest BCUT2D eigenvalue weighted by Crippen LogP contribution is 2.27. The summed E-state index contributed by atoms with van der Waals surface area (Å²) >= 11 is 0. The molecule has 5 nitrogen and oxygen atoms in total. The highest BCUT2D eigenvalue weighted by atomic mass is 16.3. The lowest BCUT2D eigenvalue weighted by Gasteiger charge is -2.18. The van der Waals surface area contributed by atoms with Crippen LogP contribution in [0.2, 0.25) is 0 Å². The van der Waals surface area contributed by atoms with E-state index in [1.165, 1.54) is 0 Å². The largest absolute Gasteiger partial charge is 0.391 e. The van der Waals surface area contributed by atoms with Gasteiger partial charge in [-0.2, -0.15) is 0 Å². The first-order valence-corrected chi connectivity index (χ1v) is 7.45. The molecule has 2 rings (SSSR count). The third-order valence-electron chi connectivity index (χ3n) is 3.90. The van der Waals surface area contributed by atoms with Crippen molar-refractivity contribution in [3.05, 3.63) is 35.9 Å². The fourth-order valence-corrected chi connectivity index (χ4v) is 2.64. The van der Waals surface area contributed by atoms with Gasteiger partial charge in [-0.15, -0.1) is 0 Å². The number of carbonyl (C=O) groups is 2. The van der Waals surface area contributed by atoms with Crippen molar-refractivity contribution in [2.75, 3.05) is 13.1 Å². The lowest BCUT2D eigenvalue weighted by atomic mass is 10.0. The molecule has 1 atom stereocenters. The summed E-state index contributed by atoms with van der Waals surface area (Å²) in [4.78, 5) is 23.4. The topological polar surface area (TPSA) is 78.4 Å². The molecule has 0 saturated heterocycles. The predicted octanol–water partition coefficient (Wildman–Crippen LogP) is 1.08. The SMILES string of the molecule is O=C(CNC(=O)c1ccccc1)NCC(O)C1CCCC1. The Bertz CT molecular complexity index is 470. The van der Waals surface area contributed by atoms with Gasteiger partial charge in [0.15, 0.2) is 0 Å². The molecule has 0 spiro atoms. The molecule has 0 radical (unpaired) electrons. The third kappa shape index (κ3) is 4.86. The lowest BCUT2D eigenvalue weighted by Crippen LogP contribution is -2.41. The fraction of sp³-hybridized carbons (Fsp3) is 0.500. The molecule has 21 heavy (non-hydrogen) atoms. The lowest BCUT2D eigenvalue weighted by molar-refractivity contribution is -0.120. The molecule has 1 aromatic carbocycles. The Balaban J connectivity index is 1.66. The summed E-state index contributed by atoms with van der Waals surface area (Å²) < 4.78 is 0. The zero-order valence-electron chi connectivity index (χ0n) is 12.0. The Labute approximate surface area is 124 Å². The molecule has 3 N–H and O–H groups in total. The molecule has 1 unspecified atom stereocenters. The molecule has 1 aromatic rings. The second kappa shape index (κ2) is 7.78. The van der Waals surface area contributed by atoms with E-state index in [-0.39, 0.29) is 24.9 Å². The minimum Gasteiger partial charge on any atom is -0.391 e. The second-order valence-electron chi connectivity index (χ2n) is 5.46. The van der Waals surface area contributed by atoms with Crippen LogP contribution in [0.1, 0.15) is 36.0 Å². The van der Waals surface area contributed by atoms with E-state index in [4.69, 9.17) is 0 Å². The molecule has 0 aliphatic heterocycles. The summed E-state index contributed by atoms with van der Waals surface area (Å²) in [6.45, 7) is 0.176. The van der Waals surface area contributed by atoms with Crippen molar-refractivity contribution in [3.63, 3.8) is 0 Å². The minimum absolute atomic E-state index is 0.0783. The number of hydrogen-bond acceptors (Lipinski definition) is 3. The van der Waals surface area contributed by atoms with Crippen LogP contribution in [0.25, 0.3) is 0 Å². The van der Waals surface area contributed by atoms with Gasteiger partial charge in [0.05, 0.1) is 12.6 Å². The quantitative estimate of drug-likeness (QED) is 0.733. The number of aliphatic hydroxyl groups is 1. The number of amides is 2. The molecular formula is C16H22N2O3. The first-order chi connectivity index (χ1) is 10.2. The van der Waals surface area contributed by atoms with Crippen LogP contribution >= 0.6 is 0 Å². The van der Waals surface area contributed by atoms with Crippen LogP contribution < -0.4 is 10.6 Å². The maximum Gasteiger partial charge on any atom is 0.251 e. The molecule has 5 heteroatoms. The molecule has 1 aliphatic carbocycles. The summed E-state index contributed by atoms with van der Waals surface area (Å²) in [7, 11) is 0. The summed E-state index contributed by atoms with van der Waals surface area (Å²) in [5.74, 6) is -0.261. The second-order valence-corrected chi connectivity index (χ2v) is 5.46. The summed E-state index contributed by atoms with van der Waals surface area (Å²) in [5, 5.41) is 15.2. The highest BCUT2D eigenvalue weighted by Gasteiger charge is 2.23. The number of carbonyl (C=O) groups excluding carboxylic acids is 2. The van der Waals surface area contributed by atoms with Crippen molar-refractivity contribution in [2.24, 2.45) is 5.92 Å². The number of benzene rings is 1. The summed E-state index contributed by atoms with van der Waals surface area (Å²) in [6, 6.07) is 8.75. The molecule has 0 bridgehead atoms. The van der Waals surface area contributed by atoms with E-state index < -0.39 is 6.10 Å². The average molecular weight is 290 g/mol. The number of aliphatic hydroxyl groups excluding tert-OH is 1. The normalized spacial score (nSPS) is 16.4. The first-order valence-electron chi connectivity index (χ1n) is 7.45. The molecule has 2 amide bonds. The van der Waals surface area contributed by atoms with Gasteiger partial charge in [-0.3, -0.25) is 9.59 Å². The van der Waals surface area contributed by atoms with E-state index in [2.05, 4.69) is 10.6 Å². The molecular weight excluding hydrogens is 268 g/mol. The molecule has 0 aromatic heterocycles. The van der Waals surface area contributed by atoms with Crippen molar-refractivity contribution >= 4 is 11.8 Å². The van der Waals surface area contributed by atoms with Crippen molar-refractivity contribution in [1.82, 2.24) is 10.6 Å². The van der Waals surface area contributed by atoms with Gasteiger partial charge in [0.2, 0.25) is 5.91 Å². The van der Waals surface area contributed by atoms with Gasteiger partial charge in [0, 0.05) is 12.1 Å². The fourth-order valence-electron chi connectivity index (χ4n) is 2.64. The van der Waals surface area contributed by atoms with E-state index in [1.807, 2.05) is 6.07 Å². The van der Waals surface area contributed by atoms with Crippen LogP contribution in [-0.4, -0.2) is 36.1 Å². The van der Waals surface area contributed by atoms with Crippen LogP contribution in [0, 0.1) is 5.92 Å². The Hall–Kier alpha value is -1.88. The first kappa shape index (κ1) is 15.5. The molecule has 0 heterocycles. The molecule has 1 fully saturated rings. The Kier molecular flexibility index (Phi) is 5.75. The van der Waals surface area contributed by atoms with Crippen LogP contribution in [0.15, 0.2) is 30.3 Å². The van der Waals surface area contributed by atoms with E-state index >= 15 is 0 Å². The standard InChI is InChI=1S/C16H22N2O3/c19-14(12-6-4-5-7-12)10-17-15(20)11-18-16(21)13-8-2-1-3-9-13/h1-3,8-9,12,14,19H,4-7,10-11H2,(H,17,20)(H,18,21). The maximum absolute atomic E-state index is 11.8. The zero-order chi connectivity index (χ0) is 15.1. The van der Waals surface area contributed by atoms with Crippen LogP contribution in [-0.2, 0) is 4.79 Å². The van der Waals surface area contributed by atoms with Gasteiger partial charge in [0.25, 0.3) is 5.91 Å². The molecule has 1 saturated carbocycles. The summed E-state index contributed by atoms with van der Waals surface area (Å²) in [6.07, 6.45) is 3.89. The van der Waals surface area contributed by atoms with Gasteiger partial charge >= 0.3 is 0 Å². The predicted molar refractivity (Wildman–Crippen MR) is 79.7 cm³/mol. The van der Waals surface area contributed by atoms with Crippen LogP contribution in [0.4, 0.5) is 0 Å². The zero-order valence-corrected chi connectivity index (χ0v) is 12.0. The van der Waals surface area contributed by atoms with Gasteiger partial charge in [-0.1, -0.05) is 31.0 Å². The van der Waals surface area contributed by atoms with Crippen molar-refractivity contribution in [3.8, 4) is 0 Å². The Morgan fingerprint density at radius 1 is 1.14 bits per heavy atom. The van der Waals surface area contributed by atoms with Gasteiger partial charge in [0.1, 0.15) is 0 Å². The third-order valence-corrected chi connectivity index (χ3v) is 3.90. The molecule has 1 aliphatic rings. The van der Waals surface area contributed by atoms with Crippen molar-refractivity contribution in [2.45, 2.75) is 31.8 Å². The van der Waals surface area contributed by atoms with Gasteiger partial charge in [-0.25, -0.2) is 0 Å². The van der Waals surface area contributed by atoms with Crippen molar-refractivity contribution in [1.29, 1.82) is 0 Å². The van der Waals surface area contributed by atoms with Crippen LogP contribution in [0.3, 0.4) is 0 Å². The Morgan fingerprint density at radius 2 is 1.81 bits per heavy atom. The Morgan fingerprint density at radius 3 is 2.48 bits per heavy atom. The monoisotopic (exact) mass is 290 g/mol. The highest BCUT2D eigenvalue weighted by molar-refractivity contribution is 5.96. The van der Waals surface area contributed by atoms with Crippen LogP contribution in [0.5, 0.6) is 0 Å². The van der Waals surface area contributed by atoms with E-state index in [0.717, 1.165) is 25.7 Å². The minimum atomic E-state index is -0.485. The maximum atomic E-state index is 11.8. The average Bonchev–Trinajstić information content (AvgIpc) is 3.05.